The van der Waals surface area contributed by atoms with Crippen molar-refractivity contribution in [2.45, 2.75) is 13.0 Å². The predicted molar refractivity (Wildman–Crippen MR) is 119 cm³/mol. The quantitative estimate of drug-likeness (QED) is 0.530. The number of benzene rings is 3. The summed E-state index contributed by atoms with van der Waals surface area (Å²) in [7, 11) is 0. The van der Waals surface area contributed by atoms with Gasteiger partial charge in [0.1, 0.15) is 5.82 Å². The molecule has 4 aromatic rings. The van der Waals surface area contributed by atoms with E-state index in [2.05, 4.69) is 5.32 Å². The summed E-state index contributed by atoms with van der Waals surface area (Å²) in [5, 5.41) is 3.45. The number of nitrogens with zero attached hydrogens (tertiary/aromatic N) is 2. The van der Waals surface area contributed by atoms with Crippen LogP contribution in [0.5, 0.6) is 0 Å². The number of hydrogen-bond acceptors (Lipinski definition) is 3. The molecule has 5 heteroatoms. The van der Waals surface area contributed by atoms with Crippen LogP contribution in [0, 0.1) is 0 Å². The molecule has 1 aromatic heterocycles. The van der Waals surface area contributed by atoms with E-state index in [1.807, 2.05) is 72.8 Å². The Morgan fingerprint density at radius 2 is 1.60 bits per heavy atom. The van der Waals surface area contributed by atoms with Gasteiger partial charge in [-0.05, 0) is 36.3 Å². The monoisotopic (exact) mass is 393 g/mol. The third-order valence-electron chi connectivity index (χ3n) is 5.34. The molecule has 0 aliphatic carbocycles. The fourth-order valence-corrected chi connectivity index (χ4v) is 3.81. The van der Waals surface area contributed by atoms with E-state index in [1.54, 1.807) is 16.7 Å². The number of nitrogens with one attached hydrogen (secondary N) is 1. The minimum atomic E-state index is -0.187. The molecule has 0 spiro atoms. The average molecular weight is 393 g/mol. The summed E-state index contributed by atoms with van der Waals surface area (Å²) in [4.78, 5) is 30.6. The fraction of sp³-hybridized carbons (Fsp3) is 0.0800. The molecule has 1 N–H and O–H groups in total. The molecule has 30 heavy (non-hydrogen) atoms. The van der Waals surface area contributed by atoms with Crippen LogP contribution in [0.3, 0.4) is 0 Å². The maximum atomic E-state index is 13.3. The van der Waals surface area contributed by atoms with Gasteiger partial charge in [-0.15, -0.1) is 0 Å². The van der Waals surface area contributed by atoms with Crippen molar-refractivity contribution in [2.24, 2.45) is 0 Å². The SMILES string of the molecule is O=C1Nc2ccccc2/C1=C/c1nc2ccccc2c(=O)n1CCc1ccccc1. The van der Waals surface area contributed by atoms with Crippen molar-refractivity contribution in [3.8, 4) is 0 Å². The molecule has 3 aromatic carbocycles. The Hall–Kier alpha value is -3.99. The van der Waals surface area contributed by atoms with Gasteiger partial charge in [-0.3, -0.25) is 14.2 Å². The molecule has 1 aliphatic rings. The molecular weight excluding hydrogens is 374 g/mol. The van der Waals surface area contributed by atoms with Crippen molar-refractivity contribution in [3.05, 3.63) is 106 Å². The average Bonchev–Trinajstić information content (AvgIpc) is 3.09. The van der Waals surface area contributed by atoms with E-state index in [0.717, 1.165) is 16.8 Å². The summed E-state index contributed by atoms with van der Waals surface area (Å²) in [5.74, 6) is 0.296. The summed E-state index contributed by atoms with van der Waals surface area (Å²) in [6.45, 7) is 0.475. The van der Waals surface area contributed by atoms with E-state index >= 15 is 0 Å². The largest absolute Gasteiger partial charge is 0.321 e. The maximum Gasteiger partial charge on any atom is 0.261 e. The van der Waals surface area contributed by atoms with Crippen LogP contribution < -0.4 is 10.9 Å². The van der Waals surface area contributed by atoms with Crippen molar-refractivity contribution in [3.63, 3.8) is 0 Å². The highest BCUT2D eigenvalue weighted by Gasteiger charge is 2.24. The number of carbonyl (C=O) groups is 1. The minimum absolute atomic E-state index is 0.102. The van der Waals surface area contributed by atoms with E-state index in [4.69, 9.17) is 4.98 Å². The highest BCUT2D eigenvalue weighted by atomic mass is 16.2. The van der Waals surface area contributed by atoms with Gasteiger partial charge in [0.15, 0.2) is 0 Å². The van der Waals surface area contributed by atoms with Crippen LogP contribution in [-0.4, -0.2) is 15.5 Å². The smallest absolute Gasteiger partial charge is 0.261 e. The summed E-state index contributed by atoms with van der Waals surface area (Å²) >= 11 is 0. The van der Waals surface area contributed by atoms with Gasteiger partial charge >= 0.3 is 0 Å². The Labute approximate surface area is 173 Å². The first kappa shape index (κ1) is 18.1. The van der Waals surface area contributed by atoms with Gasteiger partial charge in [0.2, 0.25) is 0 Å². The molecule has 0 atom stereocenters. The molecule has 5 nitrogen and oxygen atoms in total. The fourth-order valence-electron chi connectivity index (χ4n) is 3.81. The lowest BCUT2D eigenvalue weighted by Crippen LogP contribution is -2.25. The molecule has 146 valence electrons. The van der Waals surface area contributed by atoms with Crippen molar-refractivity contribution >= 4 is 34.1 Å². The lowest BCUT2D eigenvalue weighted by molar-refractivity contribution is -0.110. The number of carbonyl (C=O) groups excluding carboxylic acids is 1. The Kier molecular flexibility index (Phi) is 4.48. The van der Waals surface area contributed by atoms with Crippen molar-refractivity contribution in [1.82, 2.24) is 9.55 Å². The van der Waals surface area contributed by atoms with E-state index in [0.29, 0.717) is 35.3 Å². The van der Waals surface area contributed by atoms with E-state index in [1.165, 1.54) is 0 Å². The molecular formula is C25H19N3O2. The maximum absolute atomic E-state index is 13.3. The number of aromatic nitrogens is 2. The highest BCUT2D eigenvalue weighted by Crippen LogP contribution is 2.32. The number of para-hydroxylation sites is 2. The van der Waals surface area contributed by atoms with E-state index in [9.17, 15) is 9.59 Å². The predicted octanol–water partition coefficient (Wildman–Crippen LogP) is 4.13. The molecule has 0 saturated carbocycles. The van der Waals surface area contributed by atoms with Crippen LogP contribution in [0.25, 0.3) is 22.6 Å². The lowest BCUT2D eigenvalue weighted by Gasteiger charge is -2.12. The molecule has 0 radical (unpaired) electrons. The first-order valence-electron chi connectivity index (χ1n) is 9.87. The number of fused-ring (bicyclic) bond motifs is 2. The second-order valence-electron chi connectivity index (χ2n) is 7.24. The summed E-state index contributed by atoms with van der Waals surface area (Å²) < 4.78 is 1.66. The molecule has 1 aliphatic heterocycles. The third-order valence-corrected chi connectivity index (χ3v) is 5.34. The Bertz CT molecular complexity index is 1350. The minimum Gasteiger partial charge on any atom is -0.321 e. The number of amides is 1. The summed E-state index contributed by atoms with van der Waals surface area (Å²) in [5.41, 5.74) is 3.76. The Morgan fingerprint density at radius 1 is 0.867 bits per heavy atom. The van der Waals surface area contributed by atoms with Gasteiger partial charge in [-0.25, -0.2) is 4.98 Å². The zero-order valence-electron chi connectivity index (χ0n) is 16.2. The summed E-state index contributed by atoms with van der Waals surface area (Å²) in [6.07, 6.45) is 2.42. The molecule has 1 amide bonds. The molecule has 5 rings (SSSR count). The van der Waals surface area contributed by atoms with Gasteiger partial charge < -0.3 is 5.32 Å². The zero-order chi connectivity index (χ0) is 20.5. The van der Waals surface area contributed by atoms with Gasteiger partial charge in [0, 0.05) is 17.8 Å². The van der Waals surface area contributed by atoms with Gasteiger partial charge in [0.05, 0.1) is 16.5 Å². The van der Waals surface area contributed by atoms with Crippen LogP contribution >= 0.6 is 0 Å². The Balaban J connectivity index is 1.65. The van der Waals surface area contributed by atoms with Crippen LogP contribution in [-0.2, 0) is 17.8 Å². The Morgan fingerprint density at radius 3 is 2.47 bits per heavy atom. The number of anilines is 1. The topological polar surface area (TPSA) is 64.0 Å². The molecule has 0 saturated heterocycles. The van der Waals surface area contributed by atoms with E-state index < -0.39 is 0 Å². The molecule has 2 heterocycles. The first-order chi connectivity index (χ1) is 14.7. The van der Waals surface area contributed by atoms with Crippen molar-refractivity contribution in [2.75, 3.05) is 5.32 Å². The normalized spacial score (nSPS) is 14.1. The molecule has 0 fully saturated rings. The van der Waals surface area contributed by atoms with Crippen LogP contribution in [0.1, 0.15) is 17.0 Å². The third kappa shape index (κ3) is 3.20. The van der Waals surface area contributed by atoms with Crippen LogP contribution in [0.15, 0.2) is 83.7 Å². The number of hydrogen-bond donors (Lipinski definition) is 1. The number of aryl methyl sites for hydroxylation is 1. The zero-order valence-corrected chi connectivity index (χ0v) is 16.2. The second kappa shape index (κ2) is 7.44. The van der Waals surface area contributed by atoms with Crippen LogP contribution in [0.2, 0.25) is 0 Å². The standard InChI is InChI=1S/C25H19N3O2/c29-24-20(18-10-4-6-12-21(18)27-24)16-23-26-22-13-7-5-11-19(22)25(30)28(23)15-14-17-8-2-1-3-9-17/h1-13,16H,14-15H2,(H,27,29)/b20-16-. The summed E-state index contributed by atoms with van der Waals surface area (Å²) in [6, 6.07) is 24.9. The van der Waals surface area contributed by atoms with Crippen molar-refractivity contribution < 1.29 is 4.79 Å². The number of rotatable bonds is 4. The lowest BCUT2D eigenvalue weighted by atomic mass is 10.1. The second-order valence-corrected chi connectivity index (χ2v) is 7.24. The van der Waals surface area contributed by atoms with Crippen LogP contribution in [0.4, 0.5) is 5.69 Å². The van der Waals surface area contributed by atoms with Gasteiger partial charge in [-0.1, -0.05) is 60.7 Å². The highest BCUT2D eigenvalue weighted by molar-refractivity contribution is 6.34. The molecule has 0 unspecified atom stereocenters. The van der Waals surface area contributed by atoms with Gasteiger partial charge in [0.25, 0.3) is 11.5 Å². The van der Waals surface area contributed by atoms with Gasteiger partial charge in [-0.2, -0.15) is 0 Å². The van der Waals surface area contributed by atoms with Crippen molar-refractivity contribution in [1.29, 1.82) is 0 Å². The molecule has 0 bridgehead atoms. The first-order valence-corrected chi connectivity index (χ1v) is 9.87. The van der Waals surface area contributed by atoms with E-state index in [-0.39, 0.29) is 11.5 Å².